The molecule has 0 aromatic heterocycles. The van der Waals surface area contributed by atoms with Gasteiger partial charge in [-0.25, -0.2) is 4.39 Å². The van der Waals surface area contributed by atoms with Crippen LogP contribution in [0.4, 0.5) is 4.39 Å². The van der Waals surface area contributed by atoms with Gasteiger partial charge in [0.15, 0.2) is 0 Å². The minimum atomic E-state index is -0.740. The van der Waals surface area contributed by atoms with E-state index in [1.807, 2.05) is 6.08 Å². The second-order valence-electron chi connectivity index (χ2n) is 3.84. The molecule has 0 saturated heterocycles. The Bertz CT molecular complexity index is 218. The first-order valence-corrected chi connectivity index (χ1v) is 4.81. The van der Waals surface area contributed by atoms with Gasteiger partial charge < -0.3 is 5.11 Å². The number of rotatable bonds is 3. The molecule has 0 fully saturated rings. The van der Waals surface area contributed by atoms with E-state index in [4.69, 9.17) is 0 Å². The van der Waals surface area contributed by atoms with E-state index in [1.54, 1.807) is 6.92 Å². The van der Waals surface area contributed by atoms with Crippen molar-refractivity contribution in [3.8, 4) is 0 Å². The number of hydrogen-bond donors (Lipinski definition) is 1. The maximum absolute atomic E-state index is 12.7. The van der Waals surface area contributed by atoms with Gasteiger partial charge in [-0.1, -0.05) is 12.7 Å². The molecule has 0 radical (unpaired) electrons. The Balaban J connectivity index is 2.48. The molecule has 2 atom stereocenters. The Kier molecular flexibility index (Phi) is 3.52. The first-order chi connectivity index (χ1) is 6.09. The van der Waals surface area contributed by atoms with E-state index in [9.17, 15) is 9.50 Å². The minimum absolute atomic E-state index is 0.149. The fourth-order valence-electron chi connectivity index (χ4n) is 1.89. The van der Waals surface area contributed by atoms with Gasteiger partial charge in [0, 0.05) is 0 Å². The third kappa shape index (κ3) is 3.21. The highest BCUT2D eigenvalue weighted by Gasteiger charge is 2.18. The molecule has 2 heteroatoms. The SMILES string of the molecule is C=C(O)C1=CCC[C@H](CC(C)F)C1. The lowest BCUT2D eigenvalue weighted by Crippen LogP contribution is -2.11. The summed E-state index contributed by atoms with van der Waals surface area (Å²) in [5, 5.41) is 9.17. The smallest absolute Gasteiger partial charge is 0.111 e. The summed E-state index contributed by atoms with van der Waals surface area (Å²) in [6.45, 7) is 5.07. The lowest BCUT2D eigenvalue weighted by atomic mass is 9.85. The van der Waals surface area contributed by atoms with Crippen LogP contribution in [0.3, 0.4) is 0 Å². The number of halogens is 1. The van der Waals surface area contributed by atoms with Crippen molar-refractivity contribution in [2.75, 3.05) is 0 Å². The van der Waals surface area contributed by atoms with Crippen molar-refractivity contribution in [3.05, 3.63) is 24.0 Å². The van der Waals surface area contributed by atoms with E-state index in [1.165, 1.54) is 0 Å². The fourth-order valence-corrected chi connectivity index (χ4v) is 1.89. The van der Waals surface area contributed by atoms with Crippen LogP contribution < -0.4 is 0 Å². The van der Waals surface area contributed by atoms with E-state index in [0.29, 0.717) is 12.3 Å². The van der Waals surface area contributed by atoms with Gasteiger partial charge in [0.05, 0.1) is 6.17 Å². The molecule has 0 aliphatic heterocycles. The molecular weight excluding hydrogens is 167 g/mol. The minimum Gasteiger partial charge on any atom is -0.508 e. The molecule has 1 aliphatic rings. The molecule has 0 spiro atoms. The van der Waals surface area contributed by atoms with Crippen LogP contribution in [-0.2, 0) is 0 Å². The summed E-state index contributed by atoms with van der Waals surface area (Å²) in [6.07, 6.45) is 4.61. The van der Waals surface area contributed by atoms with Gasteiger partial charge in [-0.05, 0) is 44.1 Å². The maximum Gasteiger partial charge on any atom is 0.111 e. The van der Waals surface area contributed by atoms with Gasteiger partial charge in [0.2, 0.25) is 0 Å². The van der Waals surface area contributed by atoms with Crippen molar-refractivity contribution in [2.45, 2.75) is 38.8 Å². The number of aliphatic hydroxyl groups is 1. The Hall–Kier alpha value is -0.790. The zero-order valence-corrected chi connectivity index (χ0v) is 8.09. The molecule has 0 aromatic carbocycles. The molecule has 1 aliphatic carbocycles. The van der Waals surface area contributed by atoms with Crippen molar-refractivity contribution in [3.63, 3.8) is 0 Å². The predicted octanol–water partition coefficient (Wildman–Crippen LogP) is 3.53. The topological polar surface area (TPSA) is 20.2 Å². The monoisotopic (exact) mass is 184 g/mol. The summed E-state index contributed by atoms with van der Waals surface area (Å²) >= 11 is 0. The molecular formula is C11H17FO. The van der Waals surface area contributed by atoms with Gasteiger partial charge in [-0.15, -0.1) is 0 Å². The van der Waals surface area contributed by atoms with Gasteiger partial charge in [-0.3, -0.25) is 0 Å². The summed E-state index contributed by atoms with van der Waals surface area (Å²) in [5.41, 5.74) is 0.900. The van der Waals surface area contributed by atoms with Crippen molar-refractivity contribution < 1.29 is 9.50 Å². The summed E-state index contributed by atoms with van der Waals surface area (Å²) in [5.74, 6) is 0.528. The Morgan fingerprint density at radius 1 is 1.85 bits per heavy atom. The highest BCUT2D eigenvalue weighted by Crippen LogP contribution is 2.30. The van der Waals surface area contributed by atoms with E-state index < -0.39 is 6.17 Å². The van der Waals surface area contributed by atoms with Crippen molar-refractivity contribution >= 4 is 0 Å². The summed E-state index contributed by atoms with van der Waals surface area (Å²) in [6, 6.07) is 0. The first-order valence-electron chi connectivity index (χ1n) is 4.81. The molecule has 0 amide bonds. The highest BCUT2D eigenvalue weighted by atomic mass is 19.1. The molecule has 0 heterocycles. The molecule has 13 heavy (non-hydrogen) atoms. The second kappa shape index (κ2) is 4.45. The van der Waals surface area contributed by atoms with Crippen LogP contribution in [0.15, 0.2) is 24.0 Å². The lowest BCUT2D eigenvalue weighted by molar-refractivity contribution is 0.271. The quantitative estimate of drug-likeness (QED) is 0.665. The largest absolute Gasteiger partial charge is 0.508 e. The van der Waals surface area contributed by atoms with Crippen LogP contribution in [0.25, 0.3) is 0 Å². The molecule has 0 aromatic rings. The lowest BCUT2D eigenvalue weighted by Gasteiger charge is -2.22. The molecule has 0 saturated carbocycles. The van der Waals surface area contributed by atoms with Crippen molar-refractivity contribution in [1.29, 1.82) is 0 Å². The molecule has 1 N–H and O–H groups in total. The Labute approximate surface area is 79.0 Å². The fraction of sp³-hybridized carbons (Fsp3) is 0.636. The molecule has 1 nitrogen and oxygen atoms in total. The molecule has 0 bridgehead atoms. The van der Waals surface area contributed by atoms with Crippen molar-refractivity contribution in [2.24, 2.45) is 5.92 Å². The zero-order chi connectivity index (χ0) is 9.84. The highest BCUT2D eigenvalue weighted by molar-refractivity contribution is 5.24. The van der Waals surface area contributed by atoms with Gasteiger partial charge in [0.1, 0.15) is 5.76 Å². The van der Waals surface area contributed by atoms with E-state index in [0.717, 1.165) is 24.8 Å². The summed E-state index contributed by atoms with van der Waals surface area (Å²) < 4.78 is 12.7. The van der Waals surface area contributed by atoms with Gasteiger partial charge >= 0.3 is 0 Å². The molecule has 74 valence electrons. The van der Waals surface area contributed by atoms with Gasteiger partial charge in [0.25, 0.3) is 0 Å². The maximum atomic E-state index is 12.7. The Morgan fingerprint density at radius 3 is 3.08 bits per heavy atom. The van der Waals surface area contributed by atoms with Gasteiger partial charge in [-0.2, -0.15) is 0 Å². The van der Waals surface area contributed by atoms with Crippen LogP contribution in [-0.4, -0.2) is 11.3 Å². The van der Waals surface area contributed by atoms with E-state index in [2.05, 4.69) is 6.58 Å². The predicted molar refractivity (Wildman–Crippen MR) is 52.4 cm³/mol. The van der Waals surface area contributed by atoms with E-state index in [-0.39, 0.29) is 5.76 Å². The zero-order valence-electron chi connectivity index (χ0n) is 8.09. The summed E-state index contributed by atoms with van der Waals surface area (Å²) in [7, 11) is 0. The summed E-state index contributed by atoms with van der Waals surface area (Å²) in [4.78, 5) is 0. The normalized spacial score (nSPS) is 25.1. The number of alkyl halides is 1. The van der Waals surface area contributed by atoms with Crippen molar-refractivity contribution in [1.82, 2.24) is 0 Å². The average Bonchev–Trinajstić information content (AvgIpc) is 2.03. The molecule has 1 rings (SSSR count). The van der Waals surface area contributed by atoms with Crippen LogP contribution in [0.5, 0.6) is 0 Å². The van der Waals surface area contributed by atoms with Crippen LogP contribution in [0.2, 0.25) is 0 Å². The second-order valence-corrected chi connectivity index (χ2v) is 3.84. The number of allylic oxidation sites excluding steroid dienone is 2. The first kappa shape index (κ1) is 10.3. The third-order valence-electron chi connectivity index (χ3n) is 2.50. The van der Waals surface area contributed by atoms with Crippen LogP contribution in [0, 0.1) is 5.92 Å². The number of aliphatic hydroxyl groups excluding tert-OH is 1. The van der Waals surface area contributed by atoms with Crippen LogP contribution in [0.1, 0.15) is 32.6 Å². The third-order valence-corrected chi connectivity index (χ3v) is 2.50. The molecule has 1 unspecified atom stereocenters. The van der Waals surface area contributed by atoms with E-state index >= 15 is 0 Å². The number of hydrogen-bond acceptors (Lipinski definition) is 1. The average molecular weight is 184 g/mol. The van der Waals surface area contributed by atoms with Crippen LogP contribution >= 0.6 is 0 Å². The standard InChI is InChI=1S/C11H17FO/c1-8(12)6-10-4-3-5-11(7-10)9(2)13/h5,8,10,13H,2-4,6-7H2,1H3/t8?,10-/m1/s1. The Morgan fingerprint density at radius 2 is 2.54 bits per heavy atom.